The summed E-state index contributed by atoms with van der Waals surface area (Å²) < 4.78 is 6.38. The fraction of sp³-hybridized carbons (Fsp3) is 0.625. The van der Waals surface area contributed by atoms with E-state index in [1.807, 2.05) is 0 Å². The molecular formula is C16H23NO. The molecule has 1 aromatic carbocycles. The Hall–Kier alpha value is -1.18. The third kappa shape index (κ3) is 2.33. The van der Waals surface area contributed by atoms with Crippen molar-refractivity contribution in [3.63, 3.8) is 0 Å². The lowest BCUT2D eigenvalue weighted by atomic mass is 9.86. The van der Waals surface area contributed by atoms with E-state index in [-0.39, 0.29) is 5.60 Å². The largest absolute Gasteiger partial charge is 0.485 e. The van der Waals surface area contributed by atoms with Gasteiger partial charge in [0.15, 0.2) is 0 Å². The predicted octanol–water partition coefficient (Wildman–Crippen LogP) is 4.15. The summed E-state index contributed by atoms with van der Waals surface area (Å²) in [5, 5.41) is 3.51. The molecule has 98 valence electrons. The van der Waals surface area contributed by atoms with E-state index in [1.54, 1.807) is 0 Å². The molecule has 1 aliphatic carbocycles. The van der Waals surface area contributed by atoms with E-state index in [1.165, 1.54) is 56.2 Å². The van der Waals surface area contributed by atoms with Gasteiger partial charge in [-0.3, -0.25) is 0 Å². The molecule has 2 nitrogen and oxygen atoms in total. The number of aryl methyl sites for hydroxylation is 1. The number of benzene rings is 1. The zero-order chi connectivity index (χ0) is 12.4. The van der Waals surface area contributed by atoms with E-state index in [2.05, 4.69) is 30.4 Å². The van der Waals surface area contributed by atoms with Crippen LogP contribution >= 0.6 is 0 Å². The van der Waals surface area contributed by atoms with Gasteiger partial charge in [0.05, 0.1) is 5.69 Å². The molecule has 0 unspecified atom stereocenters. The first-order chi connectivity index (χ1) is 8.77. The minimum absolute atomic E-state index is 0.0481. The first-order valence-corrected chi connectivity index (χ1v) is 7.32. The summed E-state index contributed by atoms with van der Waals surface area (Å²) in [5.41, 5.74) is 2.71. The molecule has 1 aromatic rings. The molecular weight excluding hydrogens is 222 g/mol. The molecule has 0 aromatic heterocycles. The van der Waals surface area contributed by atoms with E-state index in [9.17, 15) is 0 Å². The first kappa shape index (κ1) is 11.9. The maximum Gasteiger partial charge on any atom is 0.143 e. The van der Waals surface area contributed by atoms with Crippen molar-refractivity contribution in [3.8, 4) is 5.75 Å². The summed E-state index contributed by atoms with van der Waals surface area (Å²) in [5.74, 6) is 1.07. The smallest absolute Gasteiger partial charge is 0.143 e. The van der Waals surface area contributed by atoms with Gasteiger partial charge >= 0.3 is 0 Å². The minimum atomic E-state index is 0.0481. The third-order valence-corrected chi connectivity index (χ3v) is 4.30. The Kier molecular flexibility index (Phi) is 3.19. The molecule has 2 heteroatoms. The number of hydrogen-bond donors (Lipinski definition) is 1. The monoisotopic (exact) mass is 245 g/mol. The van der Waals surface area contributed by atoms with Crippen molar-refractivity contribution in [2.45, 2.75) is 57.5 Å². The Bertz CT molecular complexity index is 421. The van der Waals surface area contributed by atoms with Crippen LogP contribution in [0.25, 0.3) is 0 Å². The number of hydrogen-bond acceptors (Lipinski definition) is 2. The average Bonchev–Trinajstić information content (AvgIpc) is 2.40. The van der Waals surface area contributed by atoms with Gasteiger partial charge in [-0.25, -0.2) is 0 Å². The van der Waals surface area contributed by atoms with Crippen molar-refractivity contribution < 1.29 is 4.74 Å². The number of nitrogens with one attached hydrogen (secondary N) is 1. The van der Waals surface area contributed by atoms with Crippen LogP contribution < -0.4 is 10.1 Å². The van der Waals surface area contributed by atoms with Crippen molar-refractivity contribution in [2.24, 2.45) is 0 Å². The minimum Gasteiger partial charge on any atom is -0.485 e. The van der Waals surface area contributed by atoms with E-state index >= 15 is 0 Å². The Labute approximate surface area is 110 Å². The molecule has 2 aliphatic rings. The molecule has 1 aliphatic heterocycles. The van der Waals surface area contributed by atoms with Crippen LogP contribution in [0.15, 0.2) is 18.2 Å². The second kappa shape index (κ2) is 4.83. The molecule has 0 saturated heterocycles. The van der Waals surface area contributed by atoms with E-state index in [0.717, 1.165) is 12.3 Å². The summed E-state index contributed by atoms with van der Waals surface area (Å²) >= 11 is 0. The van der Waals surface area contributed by atoms with Crippen molar-refractivity contribution in [3.05, 3.63) is 23.8 Å². The van der Waals surface area contributed by atoms with Crippen LogP contribution in [0.2, 0.25) is 0 Å². The van der Waals surface area contributed by atoms with Gasteiger partial charge in [-0.1, -0.05) is 18.6 Å². The van der Waals surface area contributed by atoms with Gasteiger partial charge in [0.25, 0.3) is 0 Å². The fourth-order valence-corrected chi connectivity index (χ4v) is 3.23. The molecule has 0 atom stereocenters. The number of para-hydroxylation sites is 1. The molecule has 18 heavy (non-hydrogen) atoms. The Morgan fingerprint density at radius 1 is 1.11 bits per heavy atom. The van der Waals surface area contributed by atoms with Crippen LogP contribution in [0.4, 0.5) is 5.69 Å². The van der Waals surface area contributed by atoms with Gasteiger partial charge in [0.2, 0.25) is 0 Å². The lowest BCUT2D eigenvalue weighted by Crippen LogP contribution is -2.35. The molecule has 1 fully saturated rings. The van der Waals surface area contributed by atoms with Crippen molar-refractivity contribution in [1.82, 2.24) is 0 Å². The van der Waals surface area contributed by atoms with E-state index < -0.39 is 0 Å². The molecule has 0 spiro atoms. The summed E-state index contributed by atoms with van der Waals surface area (Å²) in [7, 11) is 0. The molecule has 1 saturated carbocycles. The lowest BCUT2D eigenvalue weighted by molar-refractivity contribution is 0.0493. The first-order valence-electron chi connectivity index (χ1n) is 7.32. The second-order valence-corrected chi connectivity index (χ2v) is 5.93. The molecule has 0 bridgehead atoms. The fourth-order valence-electron chi connectivity index (χ4n) is 3.23. The summed E-state index contributed by atoms with van der Waals surface area (Å²) in [6, 6.07) is 6.47. The van der Waals surface area contributed by atoms with Crippen molar-refractivity contribution in [1.29, 1.82) is 0 Å². The van der Waals surface area contributed by atoms with Crippen molar-refractivity contribution >= 4 is 5.69 Å². The Balaban J connectivity index is 1.83. The van der Waals surface area contributed by atoms with Gasteiger partial charge < -0.3 is 10.1 Å². The standard InChI is InChI=1S/C16H23NO/c1-16(10-3-2-4-11-16)18-14-9-5-7-13-8-6-12-17-15(13)14/h5,7,9,17H,2-4,6,8,10-12H2,1H3. The maximum atomic E-state index is 6.38. The van der Waals surface area contributed by atoms with Crippen LogP contribution in [0.5, 0.6) is 5.75 Å². The average molecular weight is 245 g/mol. The molecule has 1 heterocycles. The second-order valence-electron chi connectivity index (χ2n) is 5.93. The van der Waals surface area contributed by atoms with Gasteiger partial charge in [-0.2, -0.15) is 0 Å². The van der Waals surface area contributed by atoms with Gasteiger partial charge in [-0.05, 0) is 57.1 Å². The number of fused-ring (bicyclic) bond motifs is 1. The third-order valence-electron chi connectivity index (χ3n) is 4.30. The number of rotatable bonds is 2. The van der Waals surface area contributed by atoms with Gasteiger partial charge in [-0.15, -0.1) is 0 Å². The van der Waals surface area contributed by atoms with Crippen molar-refractivity contribution in [2.75, 3.05) is 11.9 Å². The van der Waals surface area contributed by atoms with Crippen LogP contribution in [0.1, 0.15) is 51.0 Å². The van der Waals surface area contributed by atoms with Crippen LogP contribution in [0, 0.1) is 0 Å². The SMILES string of the molecule is CC1(Oc2cccc3c2NCCC3)CCCCC1. The molecule has 0 amide bonds. The highest BCUT2D eigenvalue weighted by Crippen LogP contribution is 2.38. The van der Waals surface area contributed by atoms with Crippen LogP contribution in [-0.2, 0) is 6.42 Å². The zero-order valence-electron chi connectivity index (χ0n) is 11.3. The topological polar surface area (TPSA) is 21.3 Å². The maximum absolute atomic E-state index is 6.38. The van der Waals surface area contributed by atoms with Gasteiger partial charge in [0, 0.05) is 6.54 Å². The zero-order valence-corrected chi connectivity index (χ0v) is 11.3. The highest BCUT2D eigenvalue weighted by molar-refractivity contribution is 5.63. The quantitative estimate of drug-likeness (QED) is 0.845. The highest BCUT2D eigenvalue weighted by Gasteiger charge is 2.30. The Morgan fingerprint density at radius 3 is 2.78 bits per heavy atom. The number of anilines is 1. The van der Waals surface area contributed by atoms with E-state index in [0.29, 0.717) is 0 Å². The molecule has 3 rings (SSSR count). The summed E-state index contributed by atoms with van der Waals surface area (Å²) in [4.78, 5) is 0. The van der Waals surface area contributed by atoms with Crippen LogP contribution in [-0.4, -0.2) is 12.1 Å². The molecule has 1 N–H and O–H groups in total. The highest BCUT2D eigenvalue weighted by atomic mass is 16.5. The van der Waals surface area contributed by atoms with Crippen LogP contribution in [0.3, 0.4) is 0 Å². The predicted molar refractivity (Wildman–Crippen MR) is 75.4 cm³/mol. The van der Waals surface area contributed by atoms with E-state index in [4.69, 9.17) is 4.74 Å². The lowest BCUT2D eigenvalue weighted by Gasteiger charge is -2.35. The normalized spacial score (nSPS) is 21.8. The Morgan fingerprint density at radius 2 is 1.94 bits per heavy atom. The molecule has 0 radical (unpaired) electrons. The summed E-state index contributed by atoms with van der Waals surface area (Å²) in [6.07, 6.45) is 8.76. The van der Waals surface area contributed by atoms with Gasteiger partial charge in [0.1, 0.15) is 11.4 Å². The summed E-state index contributed by atoms with van der Waals surface area (Å²) in [6.45, 7) is 3.35. The number of ether oxygens (including phenoxy) is 1.